The minimum atomic E-state index is 0.103. The summed E-state index contributed by atoms with van der Waals surface area (Å²) in [4.78, 5) is 2.33. The Bertz CT molecular complexity index is 655. The average Bonchev–Trinajstić information content (AvgIpc) is 2.48. The Balaban J connectivity index is 2.01. The molecule has 0 saturated carbocycles. The van der Waals surface area contributed by atoms with Gasteiger partial charge < -0.3 is 5.32 Å². The van der Waals surface area contributed by atoms with Gasteiger partial charge in [0.05, 0.1) is 12.1 Å². The fourth-order valence-electron chi connectivity index (χ4n) is 3.01. The Morgan fingerprint density at radius 1 is 1.09 bits per heavy atom. The van der Waals surface area contributed by atoms with Gasteiger partial charge in [0.25, 0.3) is 0 Å². The highest BCUT2D eigenvalue weighted by Crippen LogP contribution is 2.39. The van der Waals surface area contributed by atoms with E-state index in [1.54, 1.807) is 6.07 Å². The molecular formula is C18H19Cl2N2. The monoisotopic (exact) mass is 333 g/mol. The van der Waals surface area contributed by atoms with Gasteiger partial charge in [0.2, 0.25) is 0 Å². The summed E-state index contributed by atoms with van der Waals surface area (Å²) in [5.74, 6) is 0. The molecule has 0 spiro atoms. The van der Waals surface area contributed by atoms with E-state index in [-0.39, 0.29) is 12.1 Å². The topological polar surface area (TPSA) is 15.3 Å². The van der Waals surface area contributed by atoms with E-state index < -0.39 is 0 Å². The molecule has 3 rings (SSSR count). The van der Waals surface area contributed by atoms with Crippen molar-refractivity contribution in [3.8, 4) is 0 Å². The van der Waals surface area contributed by atoms with Gasteiger partial charge in [0.15, 0.2) is 0 Å². The average molecular weight is 334 g/mol. The molecule has 1 radical (unpaired) electrons. The van der Waals surface area contributed by atoms with Gasteiger partial charge in [0.1, 0.15) is 0 Å². The Hall–Kier alpha value is -1.06. The molecule has 4 heteroatoms. The Kier molecular flexibility index (Phi) is 4.74. The molecule has 1 N–H and O–H groups in total. The highest BCUT2D eigenvalue weighted by Gasteiger charge is 2.32. The predicted molar refractivity (Wildman–Crippen MR) is 93.2 cm³/mol. The van der Waals surface area contributed by atoms with Crippen LogP contribution in [0.15, 0.2) is 42.5 Å². The van der Waals surface area contributed by atoms with Crippen LogP contribution in [0, 0.1) is 13.5 Å². The number of aryl methyl sites for hydroxylation is 1. The van der Waals surface area contributed by atoms with E-state index in [1.807, 2.05) is 12.1 Å². The van der Waals surface area contributed by atoms with Crippen LogP contribution < -0.4 is 5.32 Å². The van der Waals surface area contributed by atoms with Gasteiger partial charge in [-0.1, -0.05) is 59.1 Å². The van der Waals surface area contributed by atoms with Crippen LogP contribution in [0.1, 0.15) is 28.8 Å². The summed E-state index contributed by atoms with van der Waals surface area (Å²) in [6.45, 7) is 5.08. The summed E-state index contributed by atoms with van der Waals surface area (Å²) in [5, 5.41) is 4.86. The second-order valence-corrected chi connectivity index (χ2v) is 6.65. The van der Waals surface area contributed by atoms with Crippen LogP contribution in [0.4, 0.5) is 0 Å². The van der Waals surface area contributed by atoms with Gasteiger partial charge in [-0.05, 0) is 37.2 Å². The van der Waals surface area contributed by atoms with Gasteiger partial charge in [-0.15, -0.1) is 0 Å². The van der Waals surface area contributed by atoms with Crippen molar-refractivity contribution in [3.63, 3.8) is 0 Å². The van der Waals surface area contributed by atoms with Crippen molar-refractivity contribution in [2.24, 2.45) is 0 Å². The van der Waals surface area contributed by atoms with Crippen molar-refractivity contribution < 1.29 is 0 Å². The third-order valence-corrected chi connectivity index (χ3v) is 4.75. The van der Waals surface area contributed by atoms with Crippen molar-refractivity contribution in [1.82, 2.24) is 10.2 Å². The lowest BCUT2D eigenvalue weighted by Crippen LogP contribution is -2.43. The summed E-state index contributed by atoms with van der Waals surface area (Å²) >= 11 is 12.5. The van der Waals surface area contributed by atoms with E-state index in [1.165, 1.54) is 11.1 Å². The molecule has 2 aromatic carbocycles. The minimum absolute atomic E-state index is 0.103. The molecule has 0 amide bonds. The van der Waals surface area contributed by atoms with Gasteiger partial charge in [-0.2, -0.15) is 0 Å². The van der Waals surface area contributed by atoms with Crippen LogP contribution >= 0.6 is 23.2 Å². The number of halogens is 2. The number of benzene rings is 2. The maximum atomic E-state index is 6.43. The third kappa shape index (κ3) is 3.16. The predicted octanol–water partition coefficient (Wildman–Crippen LogP) is 4.78. The molecule has 0 bridgehead atoms. The van der Waals surface area contributed by atoms with Crippen LogP contribution in [-0.2, 0) is 0 Å². The molecule has 115 valence electrons. The van der Waals surface area contributed by atoms with E-state index in [9.17, 15) is 0 Å². The maximum Gasteiger partial charge on any atom is 0.0542 e. The van der Waals surface area contributed by atoms with Crippen LogP contribution in [0.25, 0.3) is 0 Å². The zero-order chi connectivity index (χ0) is 15.7. The normalized spacial score (nSPS) is 22.7. The molecule has 0 aliphatic carbocycles. The van der Waals surface area contributed by atoms with Gasteiger partial charge in [0, 0.05) is 23.1 Å². The fourth-order valence-corrected chi connectivity index (χ4v) is 3.53. The number of nitrogens with zero attached hydrogens (tertiary/aromatic N) is 1. The molecule has 2 aromatic rings. The molecule has 1 saturated heterocycles. The lowest BCUT2D eigenvalue weighted by molar-refractivity contribution is 0.172. The van der Waals surface area contributed by atoms with E-state index in [0.717, 1.165) is 12.1 Å². The third-order valence-electron chi connectivity index (χ3n) is 4.18. The lowest BCUT2D eigenvalue weighted by atomic mass is 9.90. The van der Waals surface area contributed by atoms with Crippen molar-refractivity contribution in [1.29, 1.82) is 0 Å². The zero-order valence-corrected chi connectivity index (χ0v) is 14.2. The highest BCUT2D eigenvalue weighted by molar-refractivity contribution is 6.35. The summed E-state index contributed by atoms with van der Waals surface area (Å²) < 4.78 is 0. The SMILES string of the molecule is Cc1ccc(C2C(c3ccc(Cl)cc3Cl)N[CH]CN2C)cc1. The van der Waals surface area contributed by atoms with Crippen molar-refractivity contribution >= 4 is 23.2 Å². The number of likely N-dealkylation sites (N-methyl/N-ethyl adjacent to an activating group) is 1. The minimum Gasteiger partial charge on any atom is -0.303 e. The first kappa shape index (κ1) is 15.8. The second-order valence-electron chi connectivity index (χ2n) is 5.81. The zero-order valence-electron chi connectivity index (χ0n) is 12.7. The Morgan fingerprint density at radius 2 is 1.82 bits per heavy atom. The van der Waals surface area contributed by atoms with E-state index in [2.05, 4.69) is 55.0 Å². The van der Waals surface area contributed by atoms with E-state index in [4.69, 9.17) is 23.2 Å². The molecule has 22 heavy (non-hydrogen) atoms. The molecule has 2 unspecified atom stereocenters. The van der Waals surface area contributed by atoms with Crippen LogP contribution in [0.5, 0.6) is 0 Å². The first-order chi connectivity index (χ1) is 10.6. The summed E-state index contributed by atoms with van der Waals surface area (Å²) in [6.07, 6.45) is 0. The summed E-state index contributed by atoms with van der Waals surface area (Å²) in [6, 6.07) is 14.7. The molecule has 1 heterocycles. The lowest BCUT2D eigenvalue weighted by Gasteiger charge is -2.40. The number of rotatable bonds is 2. The second kappa shape index (κ2) is 6.59. The Labute approximate surface area is 142 Å². The summed E-state index contributed by atoms with van der Waals surface area (Å²) in [7, 11) is 2.14. The van der Waals surface area contributed by atoms with Crippen molar-refractivity contribution in [2.45, 2.75) is 19.0 Å². The van der Waals surface area contributed by atoms with Gasteiger partial charge in [-0.3, -0.25) is 4.90 Å². The molecule has 1 aliphatic rings. The largest absolute Gasteiger partial charge is 0.303 e. The van der Waals surface area contributed by atoms with Gasteiger partial charge >= 0.3 is 0 Å². The standard InChI is InChI=1S/C18H19Cl2N2/c1-12-3-5-13(6-4-12)18-17(21-9-10-22(18)2)15-8-7-14(19)11-16(15)20/h3-9,11,17-18,21H,10H2,1-2H3. The molecule has 2 atom stereocenters. The van der Waals surface area contributed by atoms with Crippen molar-refractivity contribution in [3.05, 3.63) is 75.7 Å². The number of piperazine rings is 1. The Morgan fingerprint density at radius 3 is 2.50 bits per heavy atom. The first-order valence-corrected chi connectivity index (χ1v) is 8.11. The van der Waals surface area contributed by atoms with E-state index >= 15 is 0 Å². The molecule has 2 nitrogen and oxygen atoms in total. The maximum absolute atomic E-state index is 6.43. The fraction of sp³-hybridized carbons (Fsp3) is 0.278. The number of nitrogens with one attached hydrogen (secondary N) is 1. The molecular weight excluding hydrogens is 315 g/mol. The smallest absolute Gasteiger partial charge is 0.0542 e. The molecule has 1 aliphatic heterocycles. The first-order valence-electron chi connectivity index (χ1n) is 7.36. The number of hydrogen-bond donors (Lipinski definition) is 1. The van der Waals surface area contributed by atoms with Crippen LogP contribution in [0.3, 0.4) is 0 Å². The summed E-state index contributed by atoms with van der Waals surface area (Å²) in [5.41, 5.74) is 3.62. The quantitative estimate of drug-likeness (QED) is 0.850. The van der Waals surface area contributed by atoms with Crippen LogP contribution in [-0.4, -0.2) is 18.5 Å². The van der Waals surface area contributed by atoms with E-state index in [0.29, 0.717) is 10.0 Å². The molecule has 0 aromatic heterocycles. The van der Waals surface area contributed by atoms with Crippen molar-refractivity contribution in [2.75, 3.05) is 13.6 Å². The highest BCUT2D eigenvalue weighted by atomic mass is 35.5. The van der Waals surface area contributed by atoms with Crippen LogP contribution in [0.2, 0.25) is 10.0 Å². The number of hydrogen-bond acceptors (Lipinski definition) is 2. The van der Waals surface area contributed by atoms with Gasteiger partial charge in [-0.25, -0.2) is 0 Å². The molecule has 1 fully saturated rings.